The molecular formula is C13H11N5OS. The maximum atomic E-state index is 11.0. The number of H-pyrrole nitrogens is 1. The van der Waals surface area contributed by atoms with Crippen molar-refractivity contribution in [1.82, 2.24) is 20.4 Å². The average molecular weight is 285 g/mol. The van der Waals surface area contributed by atoms with Crippen LogP contribution >= 0.6 is 11.3 Å². The van der Waals surface area contributed by atoms with Crippen molar-refractivity contribution in [3.8, 4) is 10.7 Å². The van der Waals surface area contributed by atoms with Gasteiger partial charge in [-0.3, -0.25) is 4.79 Å². The van der Waals surface area contributed by atoms with Gasteiger partial charge in [0.25, 0.3) is 5.56 Å². The number of benzene rings is 1. The van der Waals surface area contributed by atoms with Crippen LogP contribution in [0.2, 0.25) is 0 Å². The van der Waals surface area contributed by atoms with E-state index in [1.54, 1.807) is 6.07 Å². The molecule has 7 heteroatoms. The lowest BCUT2D eigenvalue weighted by atomic mass is 10.1. The molecule has 0 aliphatic rings. The summed E-state index contributed by atoms with van der Waals surface area (Å²) in [5.74, 6) is 0. The summed E-state index contributed by atoms with van der Waals surface area (Å²) in [6, 6.07) is 12.4. The van der Waals surface area contributed by atoms with Crippen LogP contribution in [0.15, 0.2) is 47.3 Å². The zero-order valence-electron chi connectivity index (χ0n) is 10.4. The summed E-state index contributed by atoms with van der Waals surface area (Å²) in [6.45, 7) is 0. The molecule has 1 unspecified atom stereocenters. The van der Waals surface area contributed by atoms with E-state index in [4.69, 9.17) is 5.73 Å². The zero-order valence-corrected chi connectivity index (χ0v) is 11.2. The Labute approximate surface area is 118 Å². The van der Waals surface area contributed by atoms with Crippen molar-refractivity contribution < 1.29 is 0 Å². The maximum Gasteiger partial charge on any atom is 0.264 e. The third-order valence-electron chi connectivity index (χ3n) is 2.76. The first kappa shape index (κ1) is 12.6. The van der Waals surface area contributed by atoms with E-state index in [1.807, 2.05) is 30.3 Å². The highest BCUT2D eigenvalue weighted by atomic mass is 32.1. The van der Waals surface area contributed by atoms with Crippen LogP contribution in [0.3, 0.4) is 0 Å². The van der Waals surface area contributed by atoms with Crippen molar-refractivity contribution in [3.63, 3.8) is 0 Å². The number of hydrogen-bond acceptors (Lipinski definition) is 6. The number of rotatable bonds is 3. The van der Waals surface area contributed by atoms with Gasteiger partial charge in [0, 0.05) is 6.07 Å². The first-order valence-corrected chi connectivity index (χ1v) is 6.76. The van der Waals surface area contributed by atoms with Gasteiger partial charge in [-0.15, -0.1) is 10.2 Å². The first-order chi connectivity index (χ1) is 9.74. The Hall–Kier alpha value is -2.38. The van der Waals surface area contributed by atoms with Crippen molar-refractivity contribution in [1.29, 1.82) is 0 Å². The summed E-state index contributed by atoms with van der Waals surface area (Å²) in [5, 5.41) is 15.8. The van der Waals surface area contributed by atoms with E-state index < -0.39 is 0 Å². The van der Waals surface area contributed by atoms with Crippen molar-refractivity contribution in [2.24, 2.45) is 5.73 Å². The zero-order chi connectivity index (χ0) is 13.9. The quantitative estimate of drug-likeness (QED) is 0.756. The van der Waals surface area contributed by atoms with Gasteiger partial charge in [0.1, 0.15) is 10.7 Å². The normalized spacial score (nSPS) is 12.2. The van der Waals surface area contributed by atoms with Crippen LogP contribution in [0, 0.1) is 0 Å². The first-order valence-electron chi connectivity index (χ1n) is 5.94. The molecule has 100 valence electrons. The largest absolute Gasteiger partial charge is 0.318 e. The molecule has 0 bridgehead atoms. The summed E-state index contributed by atoms with van der Waals surface area (Å²) in [6.07, 6.45) is 0. The third kappa shape index (κ3) is 2.49. The molecule has 3 N–H and O–H groups in total. The SMILES string of the molecule is NC(c1ccccc1)c1nnc(-c2ccc(=O)[nH]n2)s1. The molecule has 2 heterocycles. The molecule has 0 saturated heterocycles. The fraction of sp³-hybridized carbons (Fsp3) is 0.0769. The Balaban J connectivity index is 1.90. The number of aromatic amines is 1. The molecule has 3 rings (SSSR count). The van der Waals surface area contributed by atoms with Gasteiger partial charge in [0.15, 0.2) is 5.01 Å². The predicted octanol–water partition coefficient (Wildman–Crippen LogP) is 1.34. The average Bonchev–Trinajstić information content (AvgIpc) is 2.98. The second-order valence-corrected chi connectivity index (χ2v) is 5.15. The Morgan fingerprint density at radius 3 is 2.60 bits per heavy atom. The molecule has 0 radical (unpaired) electrons. The molecular weight excluding hydrogens is 274 g/mol. The summed E-state index contributed by atoms with van der Waals surface area (Å²) < 4.78 is 0. The maximum absolute atomic E-state index is 11.0. The summed E-state index contributed by atoms with van der Waals surface area (Å²) in [4.78, 5) is 11.0. The smallest absolute Gasteiger partial charge is 0.264 e. The molecule has 0 aliphatic heterocycles. The van der Waals surface area contributed by atoms with Gasteiger partial charge in [-0.2, -0.15) is 5.10 Å². The predicted molar refractivity (Wildman–Crippen MR) is 76.2 cm³/mol. The van der Waals surface area contributed by atoms with E-state index >= 15 is 0 Å². The standard InChI is InChI=1S/C13H11N5OS/c14-11(8-4-2-1-3-5-8)13-18-17-12(20-13)9-6-7-10(19)16-15-9/h1-7,11H,14H2,(H,16,19). The number of aromatic nitrogens is 4. The second kappa shape index (κ2) is 5.32. The molecule has 2 aromatic heterocycles. The van der Waals surface area contributed by atoms with Crippen LogP contribution in [0.4, 0.5) is 0 Å². The van der Waals surface area contributed by atoms with E-state index in [9.17, 15) is 4.79 Å². The van der Waals surface area contributed by atoms with Gasteiger partial charge in [-0.05, 0) is 11.6 Å². The van der Waals surface area contributed by atoms with Crippen LogP contribution in [-0.2, 0) is 0 Å². The Morgan fingerprint density at radius 2 is 1.90 bits per heavy atom. The molecule has 0 aliphatic carbocycles. The van der Waals surface area contributed by atoms with Crippen LogP contribution in [-0.4, -0.2) is 20.4 Å². The number of nitrogens with two attached hydrogens (primary N) is 1. The van der Waals surface area contributed by atoms with Crippen LogP contribution < -0.4 is 11.3 Å². The molecule has 0 saturated carbocycles. The van der Waals surface area contributed by atoms with Gasteiger partial charge >= 0.3 is 0 Å². The Bertz CT molecular complexity index is 747. The third-order valence-corrected chi connectivity index (χ3v) is 3.79. The molecule has 1 atom stereocenters. The van der Waals surface area contributed by atoms with Gasteiger partial charge in [-0.1, -0.05) is 41.7 Å². The second-order valence-electron chi connectivity index (χ2n) is 4.14. The van der Waals surface area contributed by atoms with Gasteiger partial charge < -0.3 is 5.73 Å². The Morgan fingerprint density at radius 1 is 1.10 bits per heavy atom. The van der Waals surface area contributed by atoms with Gasteiger partial charge in [0.05, 0.1) is 6.04 Å². The number of nitrogens with zero attached hydrogens (tertiary/aromatic N) is 3. The molecule has 0 spiro atoms. The molecule has 0 amide bonds. The topological polar surface area (TPSA) is 97.5 Å². The minimum absolute atomic E-state index is 0.250. The van der Waals surface area contributed by atoms with E-state index in [0.717, 1.165) is 5.56 Å². The fourth-order valence-corrected chi connectivity index (χ4v) is 2.57. The van der Waals surface area contributed by atoms with Crippen LogP contribution in [0.1, 0.15) is 16.6 Å². The van der Waals surface area contributed by atoms with Crippen molar-refractivity contribution in [3.05, 3.63) is 63.4 Å². The molecule has 3 aromatic rings. The van der Waals surface area contributed by atoms with E-state index in [2.05, 4.69) is 20.4 Å². The van der Waals surface area contributed by atoms with Gasteiger partial charge in [0.2, 0.25) is 0 Å². The minimum atomic E-state index is -0.315. The molecule has 20 heavy (non-hydrogen) atoms. The van der Waals surface area contributed by atoms with Crippen molar-refractivity contribution in [2.75, 3.05) is 0 Å². The highest BCUT2D eigenvalue weighted by Crippen LogP contribution is 2.26. The lowest BCUT2D eigenvalue weighted by molar-refractivity contribution is 0.830. The van der Waals surface area contributed by atoms with E-state index in [0.29, 0.717) is 15.7 Å². The lowest BCUT2D eigenvalue weighted by Crippen LogP contribution is -2.11. The fourth-order valence-electron chi connectivity index (χ4n) is 1.73. The summed E-state index contributed by atoms with van der Waals surface area (Å²) >= 11 is 1.36. The van der Waals surface area contributed by atoms with Crippen LogP contribution in [0.25, 0.3) is 10.7 Å². The molecule has 1 aromatic carbocycles. The lowest BCUT2D eigenvalue weighted by Gasteiger charge is -2.06. The summed E-state index contributed by atoms with van der Waals surface area (Å²) in [7, 11) is 0. The Kier molecular flexibility index (Phi) is 3.36. The molecule has 0 fully saturated rings. The van der Waals surface area contributed by atoms with Gasteiger partial charge in [-0.25, -0.2) is 5.10 Å². The van der Waals surface area contributed by atoms with E-state index in [-0.39, 0.29) is 11.6 Å². The summed E-state index contributed by atoms with van der Waals surface area (Å²) in [5.41, 5.74) is 7.46. The number of hydrogen-bond donors (Lipinski definition) is 2. The molecule has 6 nitrogen and oxygen atoms in total. The highest BCUT2D eigenvalue weighted by molar-refractivity contribution is 7.14. The monoisotopic (exact) mass is 285 g/mol. The van der Waals surface area contributed by atoms with Crippen molar-refractivity contribution >= 4 is 11.3 Å². The van der Waals surface area contributed by atoms with Crippen molar-refractivity contribution in [2.45, 2.75) is 6.04 Å². The van der Waals surface area contributed by atoms with Crippen LogP contribution in [0.5, 0.6) is 0 Å². The number of nitrogens with one attached hydrogen (secondary N) is 1. The minimum Gasteiger partial charge on any atom is -0.318 e. The van der Waals surface area contributed by atoms with E-state index in [1.165, 1.54) is 17.4 Å². The highest BCUT2D eigenvalue weighted by Gasteiger charge is 2.15.